The topological polar surface area (TPSA) is 64.7 Å². The molecule has 1 N–H and O–H groups in total. The van der Waals surface area contributed by atoms with Crippen LogP contribution in [0.3, 0.4) is 0 Å². The zero-order valence-electron chi connectivity index (χ0n) is 11.4. The van der Waals surface area contributed by atoms with Gasteiger partial charge in [-0.2, -0.15) is 10.2 Å². The van der Waals surface area contributed by atoms with E-state index in [0.29, 0.717) is 10.7 Å². The van der Waals surface area contributed by atoms with Crippen molar-refractivity contribution in [1.29, 1.82) is 0 Å². The summed E-state index contributed by atoms with van der Waals surface area (Å²) in [6.45, 7) is 0. The zero-order valence-corrected chi connectivity index (χ0v) is 12.2. The van der Waals surface area contributed by atoms with E-state index in [0.717, 1.165) is 24.8 Å². The number of carbonyl (C=O) groups excluding carboxylic acids is 1. The minimum absolute atomic E-state index is 0.00350. The van der Waals surface area contributed by atoms with Crippen molar-refractivity contribution in [3.8, 4) is 0 Å². The van der Waals surface area contributed by atoms with Crippen LogP contribution in [0.2, 0.25) is 5.15 Å². The first-order valence-electron chi connectivity index (χ1n) is 6.57. The molecule has 3 rings (SSSR count). The van der Waals surface area contributed by atoms with Gasteiger partial charge >= 0.3 is 0 Å². The molecule has 1 unspecified atom stereocenters. The smallest absolute Gasteiger partial charge is 0.256 e. The van der Waals surface area contributed by atoms with Crippen molar-refractivity contribution in [2.75, 3.05) is 0 Å². The summed E-state index contributed by atoms with van der Waals surface area (Å²) in [5.74, 6) is -0.190. The standard InChI is InChI=1S/C13H16ClN5O/c1-18-11-5-3-4-10(8(11)6-15-18)17-13(20)9-7-16-19(2)12(9)14/h6-7,10H,3-5H2,1-2H3,(H,17,20). The molecule has 0 fully saturated rings. The molecule has 0 aromatic carbocycles. The highest BCUT2D eigenvalue weighted by Gasteiger charge is 2.26. The molecule has 0 saturated carbocycles. The quantitative estimate of drug-likeness (QED) is 0.915. The number of amides is 1. The average Bonchev–Trinajstić information content (AvgIpc) is 2.96. The summed E-state index contributed by atoms with van der Waals surface area (Å²) in [5.41, 5.74) is 2.70. The third kappa shape index (κ3) is 2.10. The van der Waals surface area contributed by atoms with E-state index in [-0.39, 0.29) is 11.9 Å². The van der Waals surface area contributed by atoms with Crippen molar-refractivity contribution >= 4 is 17.5 Å². The molecular formula is C13H16ClN5O. The van der Waals surface area contributed by atoms with E-state index in [1.54, 1.807) is 7.05 Å². The molecule has 0 radical (unpaired) electrons. The average molecular weight is 294 g/mol. The highest BCUT2D eigenvalue weighted by molar-refractivity contribution is 6.32. The molecule has 1 atom stereocenters. The van der Waals surface area contributed by atoms with Gasteiger partial charge in [0.15, 0.2) is 0 Å². The minimum atomic E-state index is -0.190. The lowest BCUT2D eigenvalue weighted by atomic mass is 9.93. The molecule has 1 aliphatic rings. The molecular weight excluding hydrogens is 278 g/mol. The van der Waals surface area contributed by atoms with E-state index in [1.807, 2.05) is 17.9 Å². The maximum absolute atomic E-state index is 12.3. The summed E-state index contributed by atoms with van der Waals surface area (Å²) in [7, 11) is 3.64. The summed E-state index contributed by atoms with van der Waals surface area (Å²) >= 11 is 6.05. The fourth-order valence-electron chi connectivity index (χ4n) is 2.67. The Labute approximate surface area is 121 Å². The molecule has 6 nitrogen and oxygen atoms in total. The second-order valence-corrected chi connectivity index (χ2v) is 5.42. The molecule has 2 aromatic rings. The fourth-order valence-corrected chi connectivity index (χ4v) is 2.85. The van der Waals surface area contributed by atoms with E-state index >= 15 is 0 Å². The van der Waals surface area contributed by atoms with Gasteiger partial charge in [0.05, 0.1) is 24.0 Å². The first-order valence-corrected chi connectivity index (χ1v) is 6.95. The van der Waals surface area contributed by atoms with E-state index in [4.69, 9.17) is 11.6 Å². The van der Waals surface area contributed by atoms with Gasteiger partial charge in [0, 0.05) is 25.4 Å². The maximum Gasteiger partial charge on any atom is 0.256 e. The van der Waals surface area contributed by atoms with Crippen LogP contribution in [-0.4, -0.2) is 25.5 Å². The lowest BCUT2D eigenvalue weighted by Crippen LogP contribution is -2.31. The van der Waals surface area contributed by atoms with Gasteiger partial charge in [-0.15, -0.1) is 0 Å². The van der Waals surface area contributed by atoms with Crippen LogP contribution < -0.4 is 5.32 Å². The Bertz CT molecular complexity index is 660. The van der Waals surface area contributed by atoms with E-state index in [2.05, 4.69) is 15.5 Å². The molecule has 0 spiro atoms. The maximum atomic E-state index is 12.3. The zero-order chi connectivity index (χ0) is 14.3. The molecule has 106 valence electrons. The largest absolute Gasteiger partial charge is 0.345 e. The number of rotatable bonds is 2. The van der Waals surface area contributed by atoms with Crippen LogP contribution in [0.4, 0.5) is 0 Å². The molecule has 2 aromatic heterocycles. The second kappa shape index (κ2) is 4.94. The van der Waals surface area contributed by atoms with Gasteiger partial charge in [-0.25, -0.2) is 0 Å². The Kier molecular flexibility index (Phi) is 3.25. The van der Waals surface area contributed by atoms with Crippen LogP contribution >= 0.6 is 11.6 Å². The summed E-state index contributed by atoms with van der Waals surface area (Å²) in [5, 5.41) is 11.6. The van der Waals surface area contributed by atoms with Gasteiger partial charge in [0.25, 0.3) is 5.91 Å². The normalized spacial score (nSPS) is 17.9. The Morgan fingerprint density at radius 1 is 1.35 bits per heavy atom. The highest BCUT2D eigenvalue weighted by atomic mass is 35.5. The number of nitrogens with one attached hydrogen (secondary N) is 1. The second-order valence-electron chi connectivity index (χ2n) is 5.06. The fraction of sp³-hybridized carbons (Fsp3) is 0.462. The van der Waals surface area contributed by atoms with E-state index in [9.17, 15) is 4.79 Å². The number of halogens is 1. The predicted molar refractivity (Wildman–Crippen MR) is 74.6 cm³/mol. The van der Waals surface area contributed by atoms with Gasteiger partial charge in [-0.05, 0) is 19.3 Å². The van der Waals surface area contributed by atoms with Crippen molar-refractivity contribution in [1.82, 2.24) is 24.9 Å². The third-order valence-electron chi connectivity index (χ3n) is 3.79. The van der Waals surface area contributed by atoms with Crippen LogP contribution in [0.15, 0.2) is 12.4 Å². The summed E-state index contributed by atoms with van der Waals surface area (Å²) < 4.78 is 3.36. The number of aryl methyl sites for hydroxylation is 2. The van der Waals surface area contributed by atoms with E-state index < -0.39 is 0 Å². The van der Waals surface area contributed by atoms with Crippen molar-refractivity contribution in [2.45, 2.75) is 25.3 Å². The Morgan fingerprint density at radius 3 is 2.80 bits per heavy atom. The van der Waals surface area contributed by atoms with Crippen LogP contribution in [-0.2, 0) is 20.5 Å². The minimum Gasteiger partial charge on any atom is -0.345 e. The predicted octanol–water partition coefficient (Wildman–Crippen LogP) is 1.61. The third-order valence-corrected chi connectivity index (χ3v) is 4.24. The number of nitrogens with zero attached hydrogens (tertiary/aromatic N) is 4. The van der Waals surface area contributed by atoms with Crippen LogP contribution in [0.25, 0.3) is 0 Å². The lowest BCUT2D eigenvalue weighted by Gasteiger charge is -2.23. The Morgan fingerprint density at radius 2 is 2.10 bits per heavy atom. The first kappa shape index (κ1) is 13.2. The molecule has 20 heavy (non-hydrogen) atoms. The molecule has 1 amide bonds. The monoisotopic (exact) mass is 293 g/mol. The van der Waals surface area contributed by atoms with Crippen LogP contribution in [0, 0.1) is 0 Å². The van der Waals surface area contributed by atoms with Crippen molar-refractivity contribution in [2.24, 2.45) is 14.1 Å². The van der Waals surface area contributed by atoms with Crippen molar-refractivity contribution in [3.05, 3.63) is 34.4 Å². The molecule has 0 aliphatic heterocycles. The molecule has 7 heteroatoms. The summed E-state index contributed by atoms with van der Waals surface area (Å²) in [6.07, 6.45) is 6.29. The Hall–Kier alpha value is -1.82. The highest BCUT2D eigenvalue weighted by Crippen LogP contribution is 2.29. The number of carbonyl (C=O) groups is 1. The van der Waals surface area contributed by atoms with Crippen LogP contribution in [0.5, 0.6) is 0 Å². The lowest BCUT2D eigenvalue weighted by molar-refractivity contribution is 0.0932. The van der Waals surface area contributed by atoms with Gasteiger partial charge in [-0.3, -0.25) is 14.2 Å². The number of aromatic nitrogens is 4. The molecule has 1 aliphatic carbocycles. The Balaban J connectivity index is 1.82. The molecule has 0 saturated heterocycles. The van der Waals surface area contributed by atoms with Gasteiger partial charge in [0.2, 0.25) is 0 Å². The summed E-state index contributed by atoms with van der Waals surface area (Å²) in [6, 6.07) is -0.00350. The number of hydrogen-bond acceptors (Lipinski definition) is 3. The number of fused-ring (bicyclic) bond motifs is 1. The van der Waals surface area contributed by atoms with Crippen LogP contribution in [0.1, 0.15) is 40.5 Å². The van der Waals surface area contributed by atoms with Gasteiger partial charge in [-0.1, -0.05) is 11.6 Å². The SMILES string of the molecule is Cn1ncc(C(=O)NC2CCCc3c2cnn3C)c1Cl. The van der Waals surface area contributed by atoms with Gasteiger partial charge in [0.1, 0.15) is 5.15 Å². The number of hydrogen-bond donors (Lipinski definition) is 1. The van der Waals surface area contributed by atoms with Gasteiger partial charge < -0.3 is 5.32 Å². The molecule has 2 heterocycles. The summed E-state index contributed by atoms with van der Waals surface area (Å²) in [4.78, 5) is 12.3. The molecule has 0 bridgehead atoms. The van der Waals surface area contributed by atoms with Crippen molar-refractivity contribution < 1.29 is 4.79 Å². The van der Waals surface area contributed by atoms with Crippen molar-refractivity contribution in [3.63, 3.8) is 0 Å². The first-order chi connectivity index (χ1) is 9.58. The van der Waals surface area contributed by atoms with E-state index in [1.165, 1.54) is 16.6 Å².